The van der Waals surface area contributed by atoms with E-state index in [1.807, 2.05) is 36.4 Å². The minimum absolute atomic E-state index is 0.0181. The van der Waals surface area contributed by atoms with Gasteiger partial charge in [-0.25, -0.2) is 5.01 Å². The lowest BCUT2D eigenvalue weighted by Crippen LogP contribution is -2.17. The molecule has 0 N–H and O–H groups in total. The molecule has 1 unspecified atom stereocenters. The predicted octanol–water partition coefficient (Wildman–Crippen LogP) is 4.30. The van der Waals surface area contributed by atoms with Gasteiger partial charge in [-0.1, -0.05) is 41.4 Å². The second kappa shape index (κ2) is 4.58. The second-order valence-electron chi connectivity index (χ2n) is 5.15. The topological polar surface area (TPSA) is 32.7 Å². The van der Waals surface area contributed by atoms with Crippen LogP contribution in [0.2, 0.25) is 10.0 Å². The Morgan fingerprint density at radius 2 is 1.76 bits per heavy atom. The summed E-state index contributed by atoms with van der Waals surface area (Å²) in [5.74, 6) is -0.0820. The van der Waals surface area contributed by atoms with Gasteiger partial charge in [0.05, 0.1) is 11.8 Å². The van der Waals surface area contributed by atoms with E-state index in [1.54, 1.807) is 11.1 Å². The molecule has 0 spiro atoms. The smallest absolute Gasteiger partial charge is 0.267 e. The van der Waals surface area contributed by atoms with Crippen LogP contribution in [0, 0.1) is 0 Å². The Morgan fingerprint density at radius 1 is 1.05 bits per heavy atom. The number of hydrogen-bond acceptors (Lipinski definition) is 2. The third kappa shape index (κ3) is 1.96. The average Bonchev–Trinajstić information content (AvgIpc) is 3.00. The largest absolute Gasteiger partial charge is 0.274 e. The van der Waals surface area contributed by atoms with Crippen LogP contribution in [-0.4, -0.2) is 16.6 Å². The van der Waals surface area contributed by atoms with Gasteiger partial charge in [-0.3, -0.25) is 4.79 Å². The van der Waals surface area contributed by atoms with Gasteiger partial charge in [0, 0.05) is 22.0 Å². The normalized spacial score (nSPS) is 19.5. The van der Waals surface area contributed by atoms with Gasteiger partial charge in [-0.05, 0) is 35.4 Å². The Balaban J connectivity index is 1.72. The van der Waals surface area contributed by atoms with Crippen LogP contribution in [0.25, 0.3) is 0 Å². The van der Waals surface area contributed by atoms with Crippen molar-refractivity contribution in [2.45, 2.75) is 12.5 Å². The van der Waals surface area contributed by atoms with Crippen LogP contribution in [0.15, 0.2) is 47.6 Å². The Bertz CT molecular complexity index is 783. The van der Waals surface area contributed by atoms with E-state index < -0.39 is 0 Å². The first-order valence-corrected chi connectivity index (χ1v) is 7.35. The minimum Gasteiger partial charge on any atom is -0.267 e. The van der Waals surface area contributed by atoms with E-state index in [4.69, 9.17) is 23.2 Å². The van der Waals surface area contributed by atoms with E-state index in [-0.39, 0.29) is 11.9 Å². The Hall–Kier alpha value is -1.84. The minimum atomic E-state index is -0.0820. The monoisotopic (exact) mass is 316 g/mol. The molecule has 0 aromatic heterocycles. The zero-order valence-electron chi connectivity index (χ0n) is 10.9. The molecule has 0 aliphatic carbocycles. The highest BCUT2D eigenvalue weighted by Gasteiger charge is 2.41. The van der Waals surface area contributed by atoms with Gasteiger partial charge in [-0.2, -0.15) is 5.10 Å². The molecule has 2 heterocycles. The molecule has 3 nitrogen and oxygen atoms in total. The lowest BCUT2D eigenvalue weighted by Gasteiger charge is -2.10. The van der Waals surface area contributed by atoms with Crippen molar-refractivity contribution in [3.8, 4) is 0 Å². The summed E-state index contributed by atoms with van der Waals surface area (Å²) < 4.78 is 0. The third-order valence-electron chi connectivity index (χ3n) is 3.90. The van der Waals surface area contributed by atoms with E-state index in [0.717, 1.165) is 16.8 Å². The van der Waals surface area contributed by atoms with Crippen LogP contribution in [0.3, 0.4) is 0 Å². The van der Waals surface area contributed by atoms with Gasteiger partial charge in [0.1, 0.15) is 0 Å². The summed E-state index contributed by atoms with van der Waals surface area (Å²) in [5, 5.41) is 7.31. The molecule has 2 aliphatic rings. The zero-order valence-corrected chi connectivity index (χ0v) is 12.4. The first-order valence-electron chi connectivity index (χ1n) is 6.60. The molecular formula is C16H10Cl2N2O. The van der Waals surface area contributed by atoms with Crippen molar-refractivity contribution in [1.29, 1.82) is 0 Å². The molecule has 5 heteroatoms. The van der Waals surface area contributed by atoms with E-state index in [2.05, 4.69) is 5.10 Å². The van der Waals surface area contributed by atoms with Crippen molar-refractivity contribution in [3.63, 3.8) is 0 Å². The molecule has 0 saturated carbocycles. The molecule has 0 radical (unpaired) electrons. The van der Waals surface area contributed by atoms with E-state index in [0.29, 0.717) is 22.0 Å². The summed E-state index contributed by atoms with van der Waals surface area (Å²) in [6.07, 6.45) is 0.710. The van der Waals surface area contributed by atoms with Crippen molar-refractivity contribution in [3.05, 3.63) is 69.2 Å². The SMILES string of the molecule is O=C1c2cc(Cl)ccc2C2CC(c3ccc(Cl)cc3)=NN12. The summed E-state index contributed by atoms with van der Waals surface area (Å²) in [6, 6.07) is 13.0. The number of nitrogens with zero attached hydrogens (tertiary/aromatic N) is 2. The van der Waals surface area contributed by atoms with Gasteiger partial charge in [-0.15, -0.1) is 0 Å². The molecule has 4 rings (SSSR count). The number of fused-ring (bicyclic) bond motifs is 3. The summed E-state index contributed by atoms with van der Waals surface area (Å²) in [6.45, 7) is 0. The maximum atomic E-state index is 12.4. The predicted molar refractivity (Wildman–Crippen MR) is 83.0 cm³/mol. The molecule has 1 atom stereocenters. The van der Waals surface area contributed by atoms with E-state index >= 15 is 0 Å². The molecule has 104 valence electrons. The average molecular weight is 317 g/mol. The molecule has 0 saturated heterocycles. The van der Waals surface area contributed by atoms with E-state index in [9.17, 15) is 4.79 Å². The van der Waals surface area contributed by atoms with Crippen molar-refractivity contribution in [2.24, 2.45) is 5.10 Å². The Kier molecular flexibility index (Phi) is 2.81. The maximum absolute atomic E-state index is 12.4. The number of hydrazone groups is 1. The molecule has 0 bridgehead atoms. The number of hydrogen-bond donors (Lipinski definition) is 0. The van der Waals surface area contributed by atoms with Gasteiger partial charge in [0.15, 0.2) is 0 Å². The summed E-state index contributed by atoms with van der Waals surface area (Å²) in [7, 11) is 0. The highest BCUT2D eigenvalue weighted by Crippen LogP contribution is 2.41. The van der Waals surface area contributed by atoms with Gasteiger partial charge in [0.2, 0.25) is 0 Å². The highest BCUT2D eigenvalue weighted by molar-refractivity contribution is 6.31. The molecule has 21 heavy (non-hydrogen) atoms. The quantitative estimate of drug-likeness (QED) is 0.772. The van der Waals surface area contributed by atoms with Gasteiger partial charge < -0.3 is 0 Å². The van der Waals surface area contributed by atoms with Crippen molar-refractivity contribution in [1.82, 2.24) is 5.01 Å². The van der Waals surface area contributed by atoms with E-state index in [1.165, 1.54) is 0 Å². The van der Waals surface area contributed by atoms with Crippen molar-refractivity contribution in [2.75, 3.05) is 0 Å². The second-order valence-corrected chi connectivity index (χ2v) is 6.03. The van der Waals surface area contributed by atoms with Crippen LogP contribution >= 0.6 is 23.2 Å². The van der Waals surface area contributed by atoms with Crippen LogP contribution in [0.1, 0.15) is 33.9 Å². The summed E-state index contributed by atoms with van der Waals surface area (Å²) in [5.41, 5.74) is 3.56. The van der Waals surface area contributed by atoms with Gasteiger partial charge >= 0.3 is 0 Å². The Labute approximate surface area is 131 Å². The molecule has 2 aromatic carbocycles. The number of halogens is 2. The lowest BCUT2D eigenvalue weighted by atomic mass is 9.98. The molecule has 0 fully saturated rings. The number of rotatable bonds is 1. The number of amides is 1. The first-order chi connectivity index (χ1) is 10.1. The molecule has 2 aliphatic heterocycles. The fourth-order valence-electron chi connectivity index (χ4n) is 2.88. The first kappa shape index (κ1) is 12.9. The molecule has 2 aromatic rings. The number of carbonyl (C=O) groups excluding carboxylic acids is 1. The fraction of sp³-hybridized carbons (Fsp3) is 0.125. The molecular weight excluding hydrogens is 307 g/mol. The van der Waals surface area contributed by atoms with Crippen molar-refractivity contribution >= 4 is 34.8 Å². The summed E-state index contributed by atoms with van der Waals surface area (Å²) in [4.78, 5) is 12.4. The summed E-state index contributed by atoms with van der Waals surface area (Å²) >= 11 is 11.9. The van der Waals surface area contributed by atoms with Crippen LogP contribution in [0.4, 0.5) is 0 Å². The van der Waals surface area contributed by atoms with Crippen LogP contribution < -0.4 is 0 Å². The standard InChI is InChI=1S/C16H10Cl2N2O/c17-10-3-1-9(2-4-10)14-8-15-12-6-5-11(18)7-13(12)16(21)20(15)19-14/h1-7,15H,8H2. The number of benzene rings is 2. The highest BCUT2D eigenvalue weighted by atomic mass is 35.5. The zero-order chi connectivity index (χ0) is 14.6. The third-order valence-corrected chi connectivity index (χ3v) is 4.39. The maximum Gasteiger partial charge on any atom is 0.274 e. The molecule has 1 amide bonds. The fourth-order valence-corrected chi connectivity index (χ4v) is 3.18. The van der Waals surface area contributed by atoms with Gasteiger partial charge in [0.25, 0.3) is 5.91 Å². The van der Waals surface area contributed by atoms with Crippen LogP contribution in [-0.2, 0) is 0 Å². The van der Waals surface area contributed by atoms with Crippen LogP contribution in [0.5, 0.6) is 0 Å². The lowest BCUT2D eigenvalue weighted by molar-refractivity contribution is 0.0756. The van der Waals surface area contributed by atoms with Crippen molar-refractivity contribution < 1.29 is 4.79 Å². The number of carbonyl (C=O) groups is 1. The Morgan fingerprint density at radius 3 is 2.52 bits per heavy atom.